The highest BCUT2D eigenvalue weighted by molar-refractivity contribution is 5.69. The summed E-state index contributed by atoms with van der Waals surface area (Å²) in [5.74, 6) is -0.356. The molecule has 0 aromatic rings. The molecule has 0 rings (SSSR count). The Balaban J connectivity index is 3.46. The van der Waals surface area contributed by atoms with Gasteiger partial charge in [0.1, 0.15) is 5.72 Å². The third kappa shape index (κ3) is 5.53. The average Bonchev–Trinajstić information content (AvgIpc) is 1.81. The van der Waals surface area contributed by atoms with Crippen molar-refractivity contribution in [2.75, 3.05) is 7.11 Å². The molecule has 0 saturated heterocycles. The standard InChI is InChI=1S/C6H13NO3/c1-6(7,9)4-3-5(8)10-2/h9H,3-4,7H2,1-2H3. The van der Waals surface area contributed by atoms with Crippen LogP contribution < -0.4 is 5.73 Å². The smallest absolute Gasteiger partial charge is 0.305 e. The first-order valence-corrected chi connectivity index (χ1v) is 3.04. The minimum Gasteiger partial charge on any atom is -0.469 e. The number of ether oxygens (including phenoxy) is 1. The molecule has 1 atom stereocenters. The van der Waals surface area contributed by atoms with E-state index in [1.54, 1.807) is 0 Å². The van der Waals surface area contributed by atoms with Gasteiger partial charge in [-0.3, -0.25) is 4.79 Å². The van der Waals surface area contributed by atoms with Crippen molar-refractivity contribution in [3.05, 3.63) is 0 Å². The molecule has 0 bridgehead atoms. The Morgan fingerprint density at radius 1 is 1.80 bits per heavy atom. The fourth-order valence-corrected chi connectivity index (χ4v) is 0.457. The van der Waals surface area contributed by atoms with E-state index in [1.807, 2.05) is 0 Å². The Bertz CT molecular complexity index is 117. The van der Waals surface area contributed by atoms with E-state index in [4.69, 9.17) is 10.8 Å². The number of aliphatic hydroxyl groups is 1. The van der Waals surface area contributed by atoms with Crippen LogP contribution in [0.4, 0.5) is 0 Å². The minimum absolute atomic E-state index is 0.153. The van der Waals surface area contributed by atoms with E-state index >= 15 is 0 Å². The maximum Gasteiger partial charge on any atom is 0.305 e. The molecule has 0 spiro atoms. The first-order valence-electron chi connectivity index (χ1n) is 3.04. The van der Waals surface area contributed by atoms with Gasteiger partial charge >= 0.3 is 5.97 Å². The van der Waals surface area contributed by atoms with Crippen molar-refractivity contribution in [1.29, 1.82) is 0 Å². The molecular formula is C6H13NO3. The Morgan fingerprint density at radius 3 is 2.60 bits per heavy atom. The molecule has 60 valence electrons. The van der Waals surface area contributed by atoms with E-state index in [9.17, 15) is 4.79 Å². The van der Waals surface area contributed by atoms with Crippen molar-refractivity contribution in [3.63, 3.8) is 0 Å². The van der Waals surface area contributed by atoms with Crippen LogP contribution in [-0.4, -0.2) is 23.9 Å². The Labute approximate surface area is 60.0 Å². The molecule has 4 heteroatoms. The van der Waals surface area contributed by atoms with E-state index in [2.05, 4.69) is 4.74 Å². The summed E-state index contributed by atoms with van der Waals surface area (Å²) in [5.41, 5.74) is 3.92. The van der Waals surface area contributed by atoms with Crippen molar-refractivity contribution < 1.29 is 14.6 Å². The van der Waals surface area contributed by atoms with Gasteiger partial charge in [0.15, 0.2) is 0 Å². The summed E-state index contributed by atoms with van der Waals surface area (Å²) < 4.78 is 4.34. The van der Waals surface area contributed by atoms with Crippen molar-refractivity contribution in [1.82, 2.24) is 0 Å². The van der Waals surface area contributed by atoms with Crippen molar-refractivity contribution in [3.8, 4) is 0 Å². The molecule has 0 amide bonds. The molecule has 0 radical (unpaired) electrons. The number of hydrogen-bond acceptors (Lipinski definition) is 4. The van der Waals surface area contributed by atoms with Gasteiger partial charge in [-0.05, 0) is 13.3 Å². The van der Waals surface area contributed by atoms with Gasteiger partial charge in [0, 0.05) is 6.42 Å². The van der Waals surface area contributed by atoms with Crippen LogP contribution in [-0.2, 0) is 9.53 Å². The van der Waals surface area contributed by atoms with Gasteiger partial charge in [0.2, 0.25) is 0 Å². The number of rotatable bonds is 3. The normalized spacial score (nSPS) is 16.0. The lowest BCUT2D eigenvalue weighted by Crippen LogP contribution is -2.36. The highest BCUT2D eigenvalue weighted by Crippen LogP contribution is 2.03. The number of carbonyl (C=O) groups is 1. The molecule has 1 unspecified atom stereocenters. The van der Waals surface area contributed by atoms with E-state index in [1.165, 1.54) is 14.0 Å². The van der Waals surface area contributed by atoms with Crippen LogP contribution in [0.15, 0.2) is 0 Å². The second-order valence-electron chi connectivity index (χ2n) is 2.43. The summed E-state index contributed by atoms with van der Waals surface area (Å²) in [6, 6.07) is 0. The second kappa shape index (κ2) is 3.53. The monoisotopic (exact) mass is 147 g/mol. The first-order chi connectivity index (χ1) is 4.45. The number of esters is 1. The lowest BCUT2D eigenvalue weighted by molar-refractivity contribution is -0.141. The van der Waals surface area contributed by atoms with Gasteiger partial charge in [0.25, 0.3) is 0 Å². The van der Waals surface area contributed by atoms with Crippen LogP contribution >= 0.6 is 0 Å². The van der Waals surface area contributed by atoms with Crippen molar-refractivity contribution in [2.45, 2.75) is 25.5 Å². The number of methoxy groups -OCH3 is 1. The molecular weight excluding hydrogens is 134 g/mol. The number of nitrogens with two attached hydrogens (primary N) is 1. The SMILES string of the molecule is COC(=O)CCC(C)(N)O. The summed E-state index contributed by atoms with van der Waals surface area (Å²) in [7, 11) is 1.30. The van der Waals surface area contributed by atoms with Crippen LogP contribution in [0.2, 0.25) is 0 Å². The van der Waals surface area contributed by atoms with Crippen LogP contribution in [0.25, 0.3) is 0 Å². The highest BCUT2D eigenvalue weighted by Gasteiger charge is 2.14. The Kier molecular flexibility index (Phi) is 3.32. The topological polar surface area (TPSA) is 72.5 Å². The van der Waals surface area contributed by atoms with E-state index < -0.39 is 5.72 Å². The maximum absolute atomic E-state index is 10.5. The lowest BCUT2D eigenvalue weighted by atomic mass is 10.1. The zero-order valence-electron chi connectivity index (χ0n) is 6.26. The molecule has 0 aliphatic heterocycles. The third-order valence-electron chi connectivity index (χ3n) is 1.06. The number of carbonyl (C=O) groups excluding carboxylic acids is 1. The summed E-state index contributed by atoms with van der Waals surface area (Å²) >= 11 is 0. The fraction of sp³-hybridized carbons (Fsp3) is 0.833. The molecule has 0 aliphatic carbocycles. The van der Waals surface area contributed by atoms with Gasteiger partial charge in [-0.1, -0.05) is 0 Å². The molecule has 10 heavy (non-hydrogen) atoms. The second-order valence-corrected chi connectivity index (χ2v) is 2.43. The first kappa shape index (κ1) is 9.39. The molecule has 4 nitrogen and oxygen atoms in total. The summed E-state index contributed by atoms with van der Waals surface area (Å²) in [6.45, 7) is 1.44. The van der Waals surface area contributed by atoms with Crippen LogP contribution in [0, 0.1) is 0 Å². The van der Waals surface area contributed by atoms with Crippen molar-refractivity contribution >= 4 is 5.97 Å². The van der Waals surface area contributed by atoms with Gasteiger partial charge in [-0.15, -0.1) is 0 Å². The quantitative estimate of drug-likeness (QED) is 0.421. The predicted molar refractivity (Wildman–Crippen MR) is 36.1 cm³/mol. The summed E-state index contributed by atoms with van der Waals surface area (Å²) in [6.07, 6.45) is 0.375. The zero-order chi connectivity index (χ0) is 8.20. The molecule has 0 fully saturated rings. The zero-order valence-corrected chi connectivity index (χ0v) is 6.26. The molecule has 0 aliphatic rings. The lowest BCUT2D eigenvalue weighted by Gasteiger charge is -2.15. The van der Waals surface area contributed by atoms with Gasteiger partial charge in [-0.25, -0.2) is 0 Å². The number of hydrogen-bond donors (Lipinski definition) is 2. The highest BCUT2D eigenvalue weighted by atomic mass is 16.5. The fourth-order valence-electron chi connectivity index (χ4n) is 0.457. The van der Waals surface area contributed by atoms with Gasteiger partial charge < -0.3 is 15.6 Å². The average molecular weight is 147 g/mol. The van der Waals surface area contributed by atoms with Gasteiger partial charge in [-0.2, -0.15) is 0 Å². The minimum atomic E-state index is -1.27. The van der Waals surface area contributed by atoms with E-state index in [0.717, 1.165) is 0 Å². The van der Waals surface area contributed by atoms with E-state index in [-0.39, 0.29) is 18.8 Å². The molecule has 0 aromatic carbocycles. The third-order valence-corrected chi connectivity index (χ3v) is 1.06. The van der Waals surface area contributed by atoms with E-state index in [0.29, 0.717) is 0 Å². The summed E-state index contributed by atoms with van der Waals surface area (Å²) in [5, 5.41) is 8.93. The largest absolute Gasteiger partial charge is 0.469 e. The van der Waals surface area contributed by atoms with Crippen LogP contribution in [0.1, 0.15) is 19.8 Å². The van der Waals surface area contributed by atoms with Crippen molar-refractivity contribution in [2.24, 2.45) is 5.73 Å². The Hall–Kier alpha value is -0.610. The predicted octanol–water partition coefficient (Wildman–Crippen LogP) is -0.393. The molecule has 3 N–H and O–H groups in total. The molecule has 0 heterocycles. The van der Waals surface area contributed by atoms with Crippen LogP contribution in [0.3, 0.4) is 0 Å². The molecule has 0 saturated carbocycles. The summed E-state index contributed by atoms with van der Waals surface area (Å²) in [4.78, 5) is 10.5. The maximum atomic E-state index is 10.5. The van der Waals surface area contributed by atoms with Crippen LogP contribution in [0.5, 0.6) is 0 Å². The van der Waals surface area contributed by atoms with Gasteiger partial charge in [0.05, 0.1) is 7.11 Å². The Morgan fingerprint density at radius 2 is 2.30 bits per heavy atom. The molecule has 0 aromatic heterocycles.